The van der Waals surface area contributed by atoms with E-state index in [0.717, 1.165) is 25.7 Å². The second kappa shape index (κ2) is 5.57. The van der Waals surface area contributed by atoms with Crippen LogP contribution in [0.1, 0.15) is 25.7 Å². The standard InChI is InChI=1S/C12H17N3O3/c13-10-7-15-6-5-11(10)17-8-1-3-9(4-2-8)18-12(14)16/h5-9H,1-4,13H2,(H2,14,16). The maximum Gasteiger partial charge on any atom is 0.404 e. The first-order chi connectivity index (χ1) is 8.65. The smallest absolute Gasteiger partial charge is 0.404 e. The summed E-state index contributed by atoms with van der Waals surface area (Å²) in [5, 5.41) is 0. The minimum atomic E-state index is -0.710. The van der Waals surface area contributed by atoms with Crippen molar-refractivity contribution in [2.45, 2.75) is 37.9 Å². The van der Waals surface area contributed by atoms with Crippen molar-refractivity contribution in [1.82, 2.24) is 4.98 Å². The van der Waals surface area contributed by atoms with E-state index >= 15 is 0 Å². The summed E-state index contributed by atoms with van der Waals surface area (Å²) in [7, 11) is 0. The number of carbonyl (C=O) groups excluding carboxylic acids is 1. The van der Waals surface area contributed by atoms with E-state index < -0.39 is 6.09 Å². The van der Waals surface area contributed by atoms with Gasteiger partial charge in [0, 0.05) is 12.3 Å². The third kappa shape index (κ3) is 3.26. The summed E-state index contributed by atoms with van der Waals surface area (Å²) in [5.74, 6) is 0.657. The summed E-state index contributed by atoms with van der Waals surface area (Å²) < 4.78 is 10.8. The van der Waals surface area contributed by atoms with Gasteiger partial charge in [-0.1, -0.05) is 0 Å². The van der Waals surface area contributed by atoms with E-state index in [-0.39, 0.29) is 12.2 Å². The quantitative estimate of drug-likeness (QED) is 0.846. The van der Waals surface area contributed by atoms with Crippen molar-refractivity contribution in [1.29, 1.82) is 0 Å². The molecule has 1 aliphatic rings. The van der Waals surface area contributed by atoms with Gasteiger partial charge in [0.25, 0.3) is 0 Å². The molecule has 0 unspecified atom stereocenters. The molecule has 0 aliphatic heterocycles. The molecule has 1 saturated carbocycles. The summed E-state index contributed by atoms with van der Waals surface area (Å²) in [6, 6.07) is 1.75. The fourth-order valence-electron chi connectivity index (χ4n) is 2.11. The number of hydrogen-bond acceptors (Lipinski definition) is 5. The van der Waals surface area contributed by atoms with Gasteiger partial charge in [-0.15, -0.1) is 0 Å². The molecule has 1 aromatic rings. The molecule has 6 nitrogen and oxygen atoms in total. The molecule has 1 aliphatic carbocycles. The average Bonchev–Trinajstić information content (AvgIpc) is 2.34. The van der Waals surface area contributed by atoms with Crippen LogP contribution in [0.15, 0.2) is 18.5 Å². The predicted octanol–water partition coefficient (Wildman–Crippen LogP) is 1.45. The van der Waals surface area contributed by atoms with Gasteiger partial charge in [-0.25, -0.2) is 4.79 Å². The Balaban J connectivity index is 1.84. The van der Waals surface area contributed by atoms with Gasteiger partial charge in [0.2, 0.25) is 0 Å². The maximum atomic E-state index is 10.6. The first-order valence-electron chi connectivity index (χ1n) is 5.97. The van der Waals surface area contributed by atoms with Crippen LogP contribution in [0.3, 0.4) is 0 Å². The van der Waals surface area contributed by atoms with E-state index in [0.29, 0.717) is 11.4 Å². The van der Waals surface area contributed by atoms with Crippen LogP contribution in [0.4, 0.5) is 10.5 Å². The zero-order chi connectivity index (χ0) is 13.0. The molecule has 0 atom stereocenters. The molecule has 0 radical (unpaired) electrons. The van der Waals surface area contributed by atoms with Gasteiger partial charge in [0.05, 0.1) is 18.0 Å². The second-order valence-corrected chi connectivity index (χ2v) is 4.37. The Hall–Kier alpha value is -1.98. The van der Waals surface area contributed by atoms with Crippen LogP contribution in [0, 0.1) is 0 Å². The normalized spacial score (nSPS) is 23.3. The topological polar surface area (TPSA) is 100 Å². The van der Waals surface area contributed by atoms with Crippen LogP contribution in [-0.2, 0) is 4.74 Å². The second-order valence-electron chi connectivity index (χ2n) is 4.37. The third-order valence-electron chi connectivity index (χ3n) is 3.01. The van der Waals surface area contributed by atoms with Crippen molar-refractivity contribution in [2.75, 3.05) is 5.73 Å². The fraction of sp³-hybridized carbons (Fsp3) is 0.500. The van der Waals surface area contributed by atoms with Crippen LogP contribution in [0.25, 0.3) is 0 Å². The van der Waals surface area contributed by atoms with E-state index in [1.165, 1.54) is 0 Å². The lowest BCUT2D eigenvalue weighted by Crippen LogP contribution is -2.31. The number of primary amides is 1. The van der Waals surface area contributed by atoms with Crippen LogP contribution < -0.4 is 16.2 Å². The molecule has 1 aromatic heterocycles. The summed E-state index contributed by atoms with van der Waals surface area (Å²) >= 11 is 0. The molecule has 0 aromatic carbocycles. The summed E-state index contributed by atoms with van der Waals surface area (Å²) in [5.41, 5.74) is 11.3. The maximum absolute atomic E-state index is 10.6. The van der Waals surface area contributed by atoms with Crippen LogP contribution >= 0.6 is 0 Å². The van der Waals surface area contributed by atoms with Gasteiger partial charge in [0.15, 0.2) is 0 Å². The van der Waals surface area contributed by atoms with Crippen molar-refractivity contribution in [2.24, 2.45) is 5.73 Å². The minimum absolute atomic E-state index is 0.0860. The fourth-order valence-corrected chi connectivity index (χ4v) is 2.11. The summed E-state index contributed by atoms with van der Waals surface area (Å²) in [6.07, 6.45) is 5.68. The van der Waals surface area contributed by atoms with Gasteiger partial charge >= 0.3 is 6.09 Å². The average molecular weight is 251 g/mol. The molecular weight excluding hydrogens is 234 g/mol. The first-order valence-corrected chi connectivity index (χ1v) is 5.97. The number of nitrogen functional groups attached to an aromatic ring is 1. The van der Waals surface area contributed by atoms with E-state index in [2.05, 4.69) is 4.98 Å². The lowest BCUT2D eigenvalue weighted by molar-refractivity contribution is 0.0472. The van der Waals surface area contributed by atoms with Crippen molar-refractivity contribution < 1.29 is 14.3 Å². The minimum Gasteiger partial charge on any atom is -0.488 e. The van der Waals surface area contributed by atoms with Gasteiger partial charge in [-0.05, 0) is 25.7 Å². The van der Waals surface area contributed by atoms with Crippen molar-refractivity contribution in [3.63, 3.8) is 0 Å². The van der Waals surface area contributed by atoms with Crippen LogP contribution in [-0.4, -0.2) is 23.3 Å². The van der Waals surface area contributed by atoms with E-state index in [1.54, 1.807) is 18.5 Å². The number of amides is 1. The molecule has 98 valence electrons. The Morgan fingerprint density at radius 2 is 1.94 bits per heavy atom. The van der Waals surface area contributed by atoms with Crippen molar-refractivity contribution >= 4 is 11.8 Å². The van der Waals surface area contributed by atoms with E-state index in [9.17, 15) is 4.79 Å². The molecule has 0 spiro atoms. The van der Waals surface area contributed by atoms with Gasteiger partial charge in [0.1, 0.15) is 11.9 Å². The predicted molar refractivity (Wildman–Crippen MR) is 66.0 cm³/mol. The highest BCUT2D eigenvalue weighted by atomic mass is 16.6. The summed E-state index contributed by atoms with van der Waals surface area (Å²) in [4.78, 5) is 14.5. The molecule has 0 saturated heterocycles. The first kappa shape index (κ1) is 12.5. The molecule has 1 heterocycles. The monoisotopic (exact) mass is 251 g/mol. The number of pyridine rings is 1. The molecular formula is C12H17N3O3. The van der Waals surface area contributed by atoms with Gasteiger partial charge in [-0.3, -0.25) is 4.98 Å². The number of ether oxygens (including phenoxy) is 2. The van der Waals surface area contributed by atoms with E-state index in [4.69, 9.17) is 20.9 Å². The zero-order valence-electron chi connectivity index (χ0n) is 10.0. The Morgan fingerprint density at radius 1 is 1.28 bits per heavy atom. The van der Waals surface area contributed by atoms with Gasteiger partial charge < -0.3 is 20.9 Å². The lowest BCUT2D eigenvalue weighted by Gasteiger charge is -2.28. The van der Waals surface area contributed by atoms with Crippen molar-refractivity contribution in [3.05, 3.63) is 18.5 Å². The Labute approximate surface area is 105 Å². The number of anilines is 1. The molecule has 1 amide bonds. The molecule has 6 heteroatoms. The lowest BCUT2D eigenvalue weighted by atomic mass is 9.95. The Morgan fingerprint density at radius 3 is 2.56 bits per heavy atom. The number of nitrogens with zero attached hydrogens (tertiary/aromatic N) is 1. The number of rotatable bonds is 3. The zero-order valence-corrected chi connectivity index (χ0v) is 10.0. The molecule has 18 heavy (non-hydrogen) atoms. The molecule has 4 N–H and O–H groups in total. The van der Waals surface area contributed by atoms with Gasteiger partial charge in [-0.2, -0.15) is 0 Å². The largest absolute Gasteiger partial charge is 0.488 e. The highest BCUT2D eigenvalue weighted by molar-refractivity contribution is 5.64. The Kier molecular flexibility index (Phi) is 3.86. The van der Waals surface area contributed by atoms with Crippen LogP contribution in [0.2, 0.25) is 0 Å². The number of aromatic nitrogens is 1. The van der Waals surface area contributed by atoms with Crippen LogP contribution in [0.5, 0.6) is 5.75 Å². The number of carbonyl (C=O) groups is 1. The Bertz CT molecular complexity index is 417. The number of hydrogen-bond donors (Lipinski definition) is 2. The molecule has 2 rings (SSSR count). The SMILES string of the molecule is NC(=O)OC1CCC(Oc2ccncc2N)CC1. The number of nitrogens with two attached hydrogens (primary N) is 2. The van der Waals surface area contributed by atoms with E-state index in [1.807, 2.05) is 0 Å². The molecule has 1 fully saturated rings. The highest BCUT2D eigenvalue weighted by Crippen LogP contribution is 2.27. The highest BCUT2D eigenvalue weighted by Gasteiger charge is 2.24. The third-order valence-corrected chi connectivity index (χ3v) is 3.01. The molecule has 0 bridgehead atoms. The summed E-state index contributed by atoms with van der Waals surface area (Å²) in [6.45, 7) is 0. The van der Waals surface area contributed by atoms with Crippen molar-refractivity contribution in [3.8, 4) is 5.75 Å².